The van der Waals surface area contributed by atoms with Gasteiger partial charge in [-0.2, -0.15) is 0 Å². The summed E-state index contributed by atoms with van der Waals surface area (Å²) < 4.78 is 5.92. The van der Waals surface area contributed by atoms with Crippen LogP contribution in [0.1, 0.15) is 37.7 Å². The van der Waals surface area contributed by atoms with E-state index in [1.807, 2.05) is 24.3 Å². The second kappa shape index (κ2) is 7.26. The third-order valence-corrected chi connectivity index (χ3v) is 3.43. The van der Waals surface area contributed by atoms with E-state index in [4.69, 9.17) is 10.5 Å². The van der Waals surface area contributed by atoms with Gasteiger partial charge in [-0.15, -0.1) is 0 Å². The molecule has 0 heterocycles. The van der Waals surface area contributed by atoms with Crippen molar-refractivity contribution in [1.29, 1.82) is 0 Å². The Morgan fingerprint density at radius 2 is 2.11 bits per heavy atom. The van der Waals surface area contributed by atoms with E-state index in [9.17, 15) is 4.79 Å². The highest BCUT2D eigenvalue weighted by atomic mass is 16.5. The number of amides is 1. The summed E-state index contributed by atoms with van der Waals surface area (Å²) in [6.07, 6.45) is 6.62. The van der Waals surface area contributed by atoms with Crippen LogP contribution in [0.5, 0.6) is 0 Å². The van der Waals surface area contributed by atoms with Crippen LogP contribution in [0.2, 0.25) is 0 Å². The van der Waals surface area contributed by atoms with Crippen LogP contribution < -0.4 is 11.1 Å². The van der Waals surface area contributed by atoms with E-state index in [-0.39, 0.29) is 12.5 Å². The van der Waals surface area contributed by atoms with E-state index < -0.39 is 0 Å². The standard InChI is InChI=1S/C15H22N2O2/c16-10-15(18)17-13-6-4-5-12(9-13)11-19-14-7-2-1-3-8-14/h4-6,9,14H,1-3,7-8,10-11,16H2,(H,17,18). The van der Waals surface area contributed by atoms with Gasteiger partial charge in [0.15, 0.2) is 0 Å². The summed E-state index contributed by atoms with van der Waals surface area (Å²) in [4.78, 5) is 11.2. The third kappa shape index (κ3) is 4.65. The number of hydrogen-bond acceptors (Lipinski definition) is 3. The molecule has 1 saturated carbocycles. The van der Waals surface area contributed by atoms with E-state index in [0.29, 0.717) is 12.7 Å². The van der Waals surface area contributed by atoms with Crippen molar-refractivity contribution in [3.63, 3.8) is 0 Å². The van der Waals surface area contributed by atoms with Gasteiger partial charge in [-0.05, 0) is 30.5 Å². The first-order chi connectivity index (χ1) is 9.28. The molecule has 1 aromatic rings. The molecule has 1 aliphatic carbocycles. The minimum atomic E-state index is -0.176. The van der Waals surface area contributed by atoms with Crippen LogP contribution in [0.15, 0.2) is 24.3 Å². The lowest BCUT2D eigenvalue weighted by molar-refractivity contribution is -0.114. The van der Waals surface area contributed by atoms with Gasteiger partial charge in [0.2, 0.25) is 5.91 Å². The fourth-order valence-electron chi connectivity index (χ4n) is 2.40. The Hall–Kier alpha value is -1.39. The van der Waals surface area contributed by atoms with Gasteiger partial charge in [0.25, 0.3) is 0 Å². The molecule has 0 unspecified atom stereocenters. The number of benzene rings is 1. The van der Waals surface area contributed by atoms with Gasteiger partial charge in [-0.25, -0.2) is 0 Å². The van der Waals surface area contributed by atoms with E-state index in [1.54, 1.807) is 0 Å². The number of carbonyl (C=O) groups excluding carboxylic acids is 1. The van der Waals surface area contributed by atoms with Gasteiger partial charge in [-0.1, -0.05) is 31.4 Å². The molecule has 4 nitrogen and oxygen atoms in total. The highest BCUT2D eigenvalue weighted by Crippen LogP contribution is 2.21. The van der Waals surface area contributed by atoms with Crippen LogP contribution in [-0.2, 0) is 16.1 Å². The van der Waals surface area contributed by atoms with E-state index in [2.05, 4.69) is 5.32 Å². The van der Waals surface area contributed by atoms with Crippen molar-refractivity contribution in [3.05, 3.63) is 29.8 Å². The molecular formula is C15H22N2O2. The van der Waals surface area contributed by atoms with Crippen LogP contribution in [0.4, 0.5) is 5.69 Å². The Morgan fingerprint density at radius 1 is 1.32 bits per heavy atom. The van der Waals surface area contributed by atoms with Crippen LogP contribution >= 0.6 is 0 Å². The third-order valence-electron chi connectivity index (χ3n) is 3.43. The van der Waals surface area contributed by atoms with E-state index in [1.165, 1.54) is 32.1 Å². The summed E-state index contributed by atoms with van der Waals surface area (Å²) in [5, 5.41) is 2.75. The van der Waals surface area contributed by atoms with Crippen molar-refractivity contribution < 1.29 is 9.53 Å². The van der Waals surface area contributed by atoms with Crippen LogP contribution in [-0.4, -0.2) is 18.6 Å². The largest absolute Gasteiger partial charge is 0.374 e. The van der Waals surface area contributed by atoms with Gasteiger partial charge in [-0.3, -0.25) is 4.79 Å². The SMILES string of the molecule is NCC(=O)Nc1cccc(COC2CCCCC2)c1. The summed E-state index contributed by atoms with van der Waals surface area (Å²) in [6.45, 7) is 0.611. The molecule has 4 heteroatoms. The van der Waals surface area contributed by atoms with E-state index >= 15 is 0 Å². The van der Waals surface area contributed by atoms with Crippen LogP contribution in [0.3, 0.4) is 0 Å². The molecule has 0 aliphatic heterocycles. The van der Waals surface area contributed by atoms with Crippen LogP contribution in [0, 0.1) is 0 Å². The number of hydrogen-bond donors (Lipinski definition) is 2. The average molecular weight is 262 g/mol. The Labute approximate surface area is 114 Å². The normalized spacial score (nSPS) is 16.3. The lowest BCUT2D eigenvalue weighted by Crippen LogP contribution is -2.21. The predicted octanol–water partition coefficient (Wildman–Crippen LogP) is 2.43. The molecule has 1 aliphatic rings. The van der Waals surface area contributed by atoms with Gasteiger partial charge >= 0.3 is 0 Å². The number of rotatable bonds is 5. The van der Waals surface area contributed by atoms with Gasteiger partial charge in [0, 0.05) is 5.69 Å². The minimum absolute atomic E-state index is 0.00278. The molecule has 0 spiro atoms. The maximum Gasteiger partial charge on any atom is 0.238 e. The number of ether oxygens (including phenoxy) is 1. The molecular weight excluding hydrogens is 240 g/mol. The van der Waals surface area contributed by atoms with Gasteiger partial charge in [0.1, 0.15) is 0 Å². The zero-order valence-electron chi connectivity index (χ0n) is 11.2. The lowest BCUT2D eigenvalue weighted by Gasteiger charge is -2.22. The average Bonchev–Trinajstić information content (AvgIpc) is 2.46. The topological polar surface area (TPSA) is 64.4 Å². The zero-order chi connectivity index (χ0) is 13.5. The fraction of sp³-hybridized carbons (Fsp3) is 0.533. The van der Waals surface area contributed by atoms with Crippen LogP contribution in [0.25, 0.3) is 0 Å². The van der Waals surface area contributed by atoms with Crippen molar-refractivity contribution in [3.8, 4) is 0 Å². The van der Waals surface area contributed by atoms with Crippen molar-refractivity contribution in [2.24, 2.45) is 5.73 Å². The molecule has 2 rings (SSSR count). The lowest BCUT2D eigenvalue weighted by atomic mass is 9.98. The Kier molecular flexibility index (Phi) is 5.36. The molecule has 0 radical (unpaired) electrons. The zero-order valence-corrected chi connectivity index (χ0v) is 11.2. The maximum atomic E-state index is 11.2. The van der Waals surface area contributed by atoms with Crippen molar-refractivity contribution in [2.75, 3.05) is 11.9 Å². The summed E-state index contributed by atoms with van der Waals surface area (Å²) in [6, 6.07) is 7.74. The Bertz CT molecular complexity index is 414. The molecule has 0 aromatic heterocycles. The molecule has 3 N–H and O–H groups in total. The molecule has 0 atom stereocenters. The molecule has 1 fully saturated rings. The fourth-order valence-corrected chi connectivity index (χ4v) is 2.40. The summed E-state index contributed by atoms with van der Waals surface area (Å²) in [5.41, 5.74) is 7.14. The molecule has 0 bridgehead atoms. The number of nitrogens with two attached hydrogens (primary N) is 1. The second-order valence-corrected chi connectivity index (χ2v) is 5.02. The quantitative estimate of drug-likeness (QED) is 0.856. The van der Waals surface area contributed by atoms with Gasteiger partial charge in [0.05, 0.1) is 19.3 Å². The number of carbonyl (C=O) groups is 1. The Morgan fingerprint density at radius 3 is 2.84 bits per heavy atom. The summed E-state index contributed by atoms with van der Waals surface area (Å²) in [7, 11) is 0. The molecule has 1 aromatic carbocycles. The van der Waals surface area contributed by atoms with Gasteiger partial charge < -0.3 is 15.8 Å². The maximum absolute atomic E-state index is 11.2. The van der Waals surface area contributed by atoms with Crippen molar-refractivity contribution in [2.45, 2.75) is 44.8 Å². The first-order valence-corrected chi connectivity index (χ1v) is 6.98. The number of nitrogens with one attached hydrogen (secondary N) is 1. The number of anilines is 1. The molecule has 0 saturated heterocycles. The highest BCUT2D eigenvalue weighted by Gasteiger charge is 2.13. The van der Waals surface area contributed by atoms with E-state index in [0.717, 1.165) is 11.3 Å². The summed E-state index contributed by atoms with van der Waals surface area (Å²) in [5.74, 6) is -0.176. The monoisotopic (exact) mass is 262 g/mol. The molecule has 104 valence electrons. The molecule has 19 heavy (non-hydrogen) atoms. The van der Waals surface area contributed by atoms with Crippen molar-refractivity contribution in [1.82, 2.24) is 0 Å². The first kappa shape index (κ1) is 14.0. The van der Waals surface area contributed by atoms with Crippen molar-refractivity contribution >= 4 is 11.6 Å². The first-order valence-electron chi connectivity index (χ1n) is 6.98. The Balaban J connectivity index is 1.85. The second-order valence-electron chi connectivity index (χ2n) is 5.02. The predicted molar refractivity (Wildman–Crippen MR) is 75.8 cm³/mol. The highest BCUT2D eigenvalue weighted by molar-refractivity contribution is 5.92. The molecule has 1 amide bonds. The summed E-state index contributed by atoms with van der Waals surface area (Å²) >= 11 is 0. The minimum Gasteiger partial charge on any atom is -0.374 e. The smallest absolute Gasteiger partial charge is 0.238 e.